The van der Waals surface area contributed by atoms with Gasteiger partial charge in [-0.05, 0) is 6.42 Å². The number of urea groups is 1. The Morgan fingerprint density at radius 3 is 2.54 bits per heavy atom. The molecule has 1 aliphatic rings. The van der Waals surface area contributed by atoms with Crippen LogP contribution >= 0.6 is 0 Å². The number of likely N-dealkylation sites (N-methyl/N-ethyl adjacent to an activating group) is 1. The van der Waals surface area contributed by atoms with E-state index in [0.29, 0.717) is 18.7 Å². The predicted molar refractivity (Wildman–Crippen MR) is 47.0 cm³/mol. The van der Waals surface area contributed by atoms with E-state index in [1.165, 1.54) is 0 Å². The van der Waals surface area contributed by atoms with Crippen LogP contribution in [0.15, 0.2) is 4.99 Å². The SMILES string of the molecule is CN1/C(=N\C(N)=O)CC[C@H]1C(N)=O. The minimum Gasteiger partial charge on any atom is -0.368 e. The molecule has 1 aliphatic heterocycles. The number of amidine groups is 1. The standard InChI is InChI=1S/C7H12N4O2/c1-11-4(6(8)12)2-3-5(11)10-7(9)13/h4H,2-3H2,1H3,(H2,8,12)(H2,9,13)/b10-5-/t4-/m0/s1. The number of hydrogen-bond acceptors (Lipinski definition) is 2. The molecule has 0 aromatic heterocycles. The molecule has 0 aromatic rings. The van der Waals surface area contributed by atoms with Gasteiger partial charge in [-0.2, -0.15) is 4.99 Å². The fraction of sp³-hybridized carbons (Fsp3) is 0.571. The Hall–Kier alpha value is -1.59. The summed E-state index contributed by atoms with van der Waals surface area (Å²) in [7, 11) is 1.67. The molecular formula is C7H12N4O2. The lowest BCUT2D eigenvalue weighted by molar-refractivity contribution is -0.121. The number of carbonyl (C=O) groups is 2. The van der Waals surface area contributed by atoms with E-state index in [-0.39, 0.29) is 6.04 Å². The molecule has 1 fully saturated rings. The normalized spacial score (nSPS) is 25.2. The second kappa shape index (κ2) is 3.42. The second-order valence-corrected chi connectivity index (χ2v) is 2.93. The Bertz CT molecular complexity index is 274. The quantitative estimate of drug-likeness (QED) is 0.548. The highest BCUT2D eigenvalue weighted by Crippen LogP contribution is 2.17. The highest BCUT2D eigenvalue weighted by Gasteiger charge is 2.30. The Morgan fingerprint density at radius 2 is 2.15 bits per heavy atom. The molecule has 1 atom stereocenters. The molecule has 0 aliphatic carbocycles. The second-order valence-electron chi connectivity index (χ2n) is 2.93. The molecule has 4 N–H and O–H groups in total. The van der Waals surface area contributed by atoms with Crippen molar-refractivity contribution in [1.29, 1.82) is 0 Å². The van der Waals surface area contributed by atoms with Gasteiger partial charge in [0.2, 0.25) is 5.91 Å². The molecule has 3 amide bonds. The van der Waals surface area contributed by atoms with Crippen LogP contribution in [-0.2, 0) is 4.79 Å². The minimum atomic E-state index is -0.744. The number of nitrogens with zero attached hydrogens (tertiary/aromatic N) is 2. The van der Waals surface area contributed by atoms with Crippen molar-refractivity contribution in [3.05, 3.63) is 0 Å². The average Bonchev–Trinajstić information content (AvgIpc) is 2.32. The molecule has 6 heteroatoms. The Morgan fingerprint density at radius 1 is 1.54 bits per heavy atom. The van der Waals surface area contributed by atoms with E-state index in [2.05, 4.69) is 4.99 Å². The number of rotatable bonds is 1. The molecule has 13 heavy (non-hydrogen) atoms. The molecule has 1 rings (SSSR count). The maximum atomic E-state index is 10.9. The first kappa shape index (κ1) is 9.50. The van der Waals surface area contributed by atoms with Crippen molar-refractivity contribution in [2.24, 2.45) is 16.5 Å². The van der Waals surface area contributed by atoms with Crippen molar-refractivity contribution in [3.8, 4) is 0 Å². The predicted octanol–water partition coefficient (Wildman–Crippen LogP) is -0.957. The molecule has 72 valence electrons. The molecule has 6 nitrogen and oxygen atoms in total. The van der Waals surface area contributed by atoms with E-state index in [0.717, 1.165) is 0 Å². The largest absolute Gasteiger partial charge is 0.368 e. The monoisotopic (exact) mass is 184 g/mol. The van der Waals surface area contributed by atoms with Gasteiger partial charge < -0.3 is 16.4 Å². The van der Waals surface area contributed by atoms with Gasteiger partial charge in [-0.15, -0.1) is 0 Å². The summed E-state index contributed by atoms with van der Waals surface area (Å²) in [5.74, 6) is 0.119. The first-order valence-corrected chi connectivity index (χ1v) is 3.91. The molecule has 1 heterocycles. The van der Waals surface area contributed by atoms with Gasteiger partial charge in [0, 0.05) is 13.5 Å². The summed E-state index contributed by atoms with van der Waals surface area (Å²) in [5, 5.41) is 0. The molecule has 0 saturated carbocycles. The fourth-order valence-electron chi connectivity index (χ4n) is 1.41. The maximum Gasteiger partial charge on any atom is 0.339 e. The summed E-state index contributed by atoms with van der Waals surface area (Å²) < 4.78 is 0. The van der Waals surface area contributed by atoms with Crippen LogP contribution in [0.1, 0.15) is 12.8 Å². The zero-order valence-electron chi connectivity index (χ0n) is 7.36. The van der Waals surface area contributed by atoms with Crippen LogP contribution in [0.5, 0.6) is 0 Å². The summed E-state index contributed by atoms with van der Waals surface area (Å²) in [5.41, 5.74) is 10.0. The molecule has 0 bridgehead atoms. The number of carbonyl (C=O) groups excluding carboxylic acids is 2. The van der Waals surface area contributed by atoms with Crippen LogP contribution in [-0.4, -0.2) is 35.8 Å². The van der Waals surface area contributed by atoms with Crippen LogP contribution < -0.4 is 11.5 Å². The van der Waals surface area contributed by atoms with Crippen LogP contribution in [0.3, 0.4) is 0 Å². The fourth-order valence-corrected chi connectivity index (χ4v) is 1.41. The van der Waals surface area contributed by atoms with Gasteiger partial charge in [0.05, 0.1) is 0 Å². The maximum absolute atomic E-state index is 10.9. The Kier molecular flexibility index (Phi) is 2.50. The van der Waals surface area contributed by atoms with E-state index < -0.39 is 11.9 Å². The third-order valence-electron chi connectivity index (χ3n) is 2.08. The van der Waals surface area contributed by atoms with Crippen molar-refractivity contribution in [3.63, 3.8) is 0 Å². The first-order chi connectivity index (χ1) is 6.02. The van der Waals surface area contributed by atoms with Gasteiger partial charge in [0.1, 0.15) is 11.9 Å². The topological polar surface area (TPSA) is 102 Å². The molecule has 0 aromatic carbocycles. The van der Waals surface area contributed by atoms with Gasteiger partial charge in [0.25, 0.3) is 0 Å². The number of primary amides is 2. The third-order valence-corrected chi connectivity index (χ3v) is 2.08. The van der Waals surface area contributed by atoms with Crippen LogP contribution in [0, 0.1) is 0 Å². The summed E-state index contributed by atoms with van der Waals surface area (Å²) >= 11 is 0. The zero-order valence-corrected chi connectivity index (χ0v) is 7.36. The van der Waals surface area contributed by atoms with Gasteiger partial charge >= 0.3 is 6.03 Å². The summed E-state index contributed by atoms with van der Waals surface area (Å²) in [6.07, 6.45) is 1.16. The van der Waals surface area contributed by atoms with Gasteiger partial charge in [-0.1, -0.05) is 0 Å². The number of nitrogens with two attached hydrogens (primary N) is 2. The number of likely N-dealkylation sites (tertiary alicyclic amines) is 1. The lowest BCUT2D eigenvalue weighted by atomic mass is 10.2. The smallest absolute Gasteiger partial charge is 0.339 e. The van der Waals surface area contributed by atoms with E-state index in [4.69, 9.17) is 11.5 Å². The first-order valence-electron chi connectivity index (χ1n) is 3.91. The van der Waals surface area contributed by atoms with Crippen LogP contribution in [0.25, 0.3) is 0 Å². The van der Waals surface area contributed by atoms with E-state index in [1.54, 1.807) is 11.9 Å². The zero-order chi connectivity index (χ0) is 10.0. The van der Waals surface area contributed by atoms with Crippen LogP contribution in [0.4, 0.5) is 4.79 Å². The van der Waals surface area contributed by atoms with Crippen molar-refractivity contribution >= 4 is 17.8 Å². The minimum absolute atomic E-state index is 0.363. The molecule has 1 saturated heterocycles. The van der Waals surface area contributed by atoms with Crippen molar-refractivity contribution in [1.82, 2.24) is 4.90 Å². The van der Waals surface area contributed by atoms with Crippen molar-refractivity contribution < 1.29 is 9.59 Å². The van der Waals surface area contributed by atoms with Gasteiger partial charge in [-0.3, -0.25) is 4.79 Å². The Labute approximate surface area is 75.6 Å². The number of hydrogen-bond donors (Lipinski definition) is 2. The molecular weight excluding hydrogens is 172 g/mol. The summed E-state index contributed by atoms with van der Waals surface area (Å²) in [6, 6.07) is -1.11. The average molecular weight is 184 g/mol. The van der Waals surface area contributed by atoms with E-state index >= 15 is 0 Å². The summed E-state index contributed by atoms with van der Waals surface area (Å²) in [6.45, 7) is 0. The molecule has 0 spiro atoms. The number of aliphatic imine (C=N–C) groups is 1. The Balaban J connectivity index is 2.76. The van der Waals surface area contributed by atoms with Gasteiger partial charge in [-0.25, -0.2) is 4.79 Å². The lowest BCUT2D eigenvalue weighted by Crippen LogP contribution is -2.39. The van der Waals surface area contributed by atoms with Crippen LogP contribution in [0.2, 0.25) is 0 Å². The highest BCUT2D eigenvalue weighted by atomic mass is 16.2. The third kappa shape index (κ3) is 1.95. The molecule has 0 radical (unpaired) electrons. The highest BCUT2D eigenvalue weighted by molar-refractivity contribution is 5.98. The van der Waals surface area contributed by atoms with Crippen molar-refractivity contribution in [2.75, 3.05) is 7.05 Å². The van der Waals surface area contributed by atoms with Crippen molar-refractivity contribution in [2.45, 2.75) is 18.9 Å². The van der Waals surface area contributed by atoms with Gasteiger partial charge in [0.15, 0.2) is 0 Å². The number of amides is 3. The molecule has 0 unspecified atom stereocenters. The van der Waals surface area contributed by atoms with E-state index in [1.807, 2.05) is 0 Å². The summed E-state index contributed by atoms with van der Waals surface area (Å²) in [4.78, 5) is 26.5. The lowest BCUT2D eigenvalue weighted by Gasteiger charge is -2.18. The van der Waals surface area contributed by atoms with E-state index in [9.17, 15) is 9.59 Å².